The minimum atomic E-state index is 0.0212. The topological polar surface area (TPSA) is 34.4 Å². The number of methoxy groups -OCH3 is 1. The fraction of sp³-hybridized carbons (Fsp3) is 0.444. The number of nitrogens with one attached hydrogen (secondary N) is 1. The molecule has 114 valence electrons. The zero-order valence-corrected chi connectivity index (χ0v) is 13.6. The van der Waals surface area contributed by atoms with Gasteiger partial charge < -0.3 is 14.5 Å². The Hall–Kier alpha value is -1.74. The molecule has 0 bridgehead atoms. The van der Waals surface area contributed by atoms with Gasteiger partial charge in [0.1, 0.15) is 17.3 Å². The third kappa shape index (κ3) is 3.30. The first-order valence-corrected chi connectivity index (χ1v) is 7.52. The van der Waals surface area contributed by atoms with Crippen LogP contribution in [0.3, 0.4) is 0 Å². The van der Waals surface area contributed by atoms with E-state index in [0.29, 0.717) is 0 Å². The molecule has 0 amide bonds. The molecule has 2 aromatic rings. The molecule has 0 saturated carbocycles. The molecule has 1 unspecified atom stereocenters. The lowest BCUT2D eigenvalue weighted by Crippen LogP contribution is -2.23. The van der Waals surface area contributed by atoms with Crippen LogP contribution in [0.5, 0.6) is 5.75 Å². The summed E-state index contributed by atoms with van der Waals surface area (Å²) in [5, 5.41) is 3.56. The summed E-state index contributed by atoms with van der Waals surface area (Å²) in [4.78, 5) is 0. The molecule has 1 heterocycles. The summed E-state index contributed by atoms with van der Waals surface area (Å²) in [7, 11) is 1.73. The Bertz CT molecular complexity index is 601. The molecule has 2 rings (SSSR count). The Labute approximate surface area is 127 Å². The van der Waals surface area contributed by atoms with Gasteiger partial charge in [0.2, 0.25) is 0 Å². The van der Waals surface area contributed by atoms with Gasteiger partial charge in [0.25, 0.3) is 0 Å². The van der Waals surface area contributed by atoms with Crippen molar-refractivity contribution in [2.45, 2.75) is 40.2 Å². The van der Waals surface area contributed by atoms with Crippen LogP contribution in [0.4, 0.5) is 0 Å². The highest BCUT2D eigenvalue weighted by molar-refractivity contribution is 5.48. The SMILES string of the molecule is CCCNC(c1ccc(C)o1)c1ccc(C)c(C)c1OC. The number of ether oxygens (including phenoxy) is 1. The van der Waals surface area contributed by atoms with E-state index in [0.717, 1.165) is 35.8 Å². The van der Waals surface area contributed by atoms with Gasteiger partial charge in [0, 0.05) is 5.56 Å². The van der Waals surface area contributed by atoms with E-state index in [2.05, 4.69) is 38.2 Å². The monoisotopic (exact) mass is 287 g/mol. The van der Waals surface area contributed by atoms with Crippen LogP contribution in [0.1, 0.15) is 47.6 Å². The van der Waals surface area contributed by atoms with Crippen molar-refractivity contribution in [2.75, 3.05) is 13.7 Å². The van der Waals surface area contributed by atoms with Crippen molar-refractivity contribution in [1.29, 1.82) is 0 Å². The van der Waals surface area contributed by atoms with Crippen LogP contribution in [0.2, 0.25) is 0 Å². The van der Waals surface area contributed by atoms with Gasteiger partial charge in [-0.15, -0.1) is 0 Å². The maximum absolute atomic E-state index is 5.85. The van der Waals surface area contributed by atoms with Gasteiger partial charge in [-0.3, -0.25) is 0 Å². The van der Waals surface area contributed by atoms with Gasteiger partial charge in [-0.1, -0.05) is 19.1 Å². The van der Waals surface area contributed by atoms with Crippen molar-refractivity contribution in [3.63, 3.8) is 0 Å². The van der Waals surface area contributed by atoms with Gasteiger partial charge in [0.15, 0.2) is 0 Å². The molecule has 3 heteroatoms. The second-order valence-corrected chi connectivity index (χ2v) is 5.47. The lowest BCUT2D eigenvalue weighted by atomic mass is 9.97. The molecule has 3 nitrogen and oxygen atoms in total. The number of rotatable bonds is 6. The smallest absolute Gasteiger partial charge is 0.127 e. The van der Waals surface area contributed by atoms with Gasteiger partial charge in [-0.05, 0) is 57.0 Å². The first-order chi connectivity index (χ1) is 10.1. The molecule has 1 aromatic carbocycles. The molecule has 0 fully saturated rings. The lowest BCUT2D eigenvalue weighted by Gasteiger charge is -2.21. The molecule has 0 aliphatic rings. The highest BCUT2D eigenvalue weighted by atomic mass is 16.5. The Morgan fingerprint density at radius 1 is 1.14 bits per heavy atom. The van der Waals surface area contributed by atoms with Crippen LogP contribution in [0, 0.1) is 20.8 Å². The number of hydrogen-bond acceptors (Lipinski definition) is 3. The molecule has 0 aliphatic heterocycles. The van der Waals surface area contributed by atoms with E-state index in [1.807, 2.05) is 19.1 Å². The average molecular weight is 287 g/mol. The molecule has 0 aliphatic carbocycles. The summed E-state index contributed by atoms with van der Waals surface area (Å²) in [5.74, 6) is 2.80. The third-order valence-electron chi connectivity index (χ3n) is 3.87. The molecule has 0 radical (unpaired) electrons. The van der Waals surface area contributed by atoms with E-state index < -0.39 is 0 Å². The quantitative estimate of drug-likeness (QED) is 0.860. The Kier molecular flexibility index (Phi) is 5.07. The van der Waals surface area contributed by atoms with E-state index in [-0.39, 0.29) is 6.04 Å². The van der Waals surface area contributed by atoms with Crippen molar-refractivity contribution in [3.05, 3.63) is 52.5 Å². The fourth-order valence-corrected chi connectivity index (χ4v) is 2.57. The van der Waals surface area contributed by atoms with Crippen molar-refractivity contribution >= 4 is 0 Å². The molecule has 21 heavy (non-hydrogen) atoms. The third-order valence-corrected chi connectivity index (χ3v) is 3.87. The highest BCUT2D eigenvalue weighted by Gasteiger charge is 2.22. The van der Waals surface area contributed by atoms with Gasteiger partial charge in [-0.25, -0.2) is 0 Å². The highest BCUT2D eigenvalue weighted by Crippen LogP contribution is 2.34. The molecule has 0 spiro atoms. The van der Waals surface area contributed by atoms with Gasteiger partial charge in [0.05, 0.1) is 13.2 Å². The molecule has 0 saturated heterocycles. The summed E-state index contributed by atoms with van der Waals surface area (Å²) in [5.41, 5.74) is 3.55. The first-order valence-electron chi connectivity index (χ1n) is 7.52. The zero-order chi connectivity index (χ0) is 15.4. The van der Waals surface area contributed by atoms with Crippen LogP contribution in [-0.2, 0) is 0 Å². The van der Waals surface area contributed by atoms with E-state index in [1.54, 1.807) is 7.11 Å². The maximum Gasteiger partial charge on any atom is 0.127 e. The maximum atomic E-state index is 5.85. The van der Waals surface area contributed by atoms with Crippen LogP contribution >= 0.6 is 0 Å². The summed E-state index contributed by atoms with van der Waals surface area (Å²) >= 11 is 0. The van der Waals surface area contributed by atoms with E-state index in [1.165, 1.54) is 11.1 Å². The molecular formula is C18H25NO2. The van der Waals surface area contributed by atoms with Gasteiger partial charge >= 0.3 is 0 Å². The Morgan fingerprint density at radius 2 is 1.90 bits per heavy atom. The van der Waals surface area contributed by atoms with E-state index in [4.69, 9.17) is 9.15 Å². The molecule has 1 N–H and O–H groups in total. The van der Waals surface area contributed by atoms with E-state index >= 15 is 0 Å². The summed E-state index contributed by atoms with van der Waals surface area (Å²) in [6.45, 7) is 9.27. The number of furan rings is 1. The molecule has 1 aromatic heterocycles. The number of benzene rings is 1. The second-order valence-electron chi connectivity index (χ2n) is 5.47. The van der Waals surface area contributed by atoms with Crippen molar-refractivity contribution < 1.29 is 9.15 Å². The Morgan fingerprint density at radius 3 is 2.48 bits per heavy atom. The predicted molar refractivity (Wildman–Crippen MR) is 86.0 cm³/mol. The van der Waals surface area contributed by atoms with Crippen molar-refractivity contribution in [1.82, 2.24) is 5.32 Å². The Balaban J connectivity index is 2.48. The minimum absolute atomic E-state index is 0.0212. The standard InChI is InChI=1S/C18H25NO2/c1-6-11-19-17(16-10-8-13(3)21-16)15-9-7-12(2)14(4)18(15)20-5/h7-10,17,19H,6,11H2,1-5H3. The number of aryl methyl sites for hydroxylation is 2. The lowest BCUT2D eigenvalue weighted by molar-refractivity contribution is 0.386. The summed E-state index contributed by atoms with van der Waals surface area (Å²) in [6.07, 6.45) is 1.07. The van der Waals surface area contributed by atoms with Crippen LogP contribution in [0.25, 0.3) is 0 Å². The summed E-state index contributed by atoms with van der Waals surface area (Å²) in [6, 6.07) is 8.34. The van der Waals surface area contributed by atoms with Crippen LogP contribution in [-0.4, -0.2) is 13.7 Å². The van der Waals surface area contributed by atoms with Crippen LogP contribution in [0.15, 0.2) is 28.7 Å². The van der Waals surface area contributed by atoms with Gasteiger partial charge in [-0.2, -0.15) is 0 Å². The van der Waals surface area contributed by atoms with Crippen molar-refractivity contribution in [3.8, 4) is 5.75 Å². The van der Waals surface area contributed by atoms with Crippen molar-refractivity contribution in [2.24, 2.45) is 0 Å². The zero-order valence-electron chi connectivity index (χ0n) is 13.6. The second kappa shape index (κ2) is 6.81. The molecule has 1 atom stereocenters. The first kappa shape index (κ1) is 15.6. The number of hydrogen-bond donors (Lipinski definition) is 1. The summed E-state index contributed by atoms with van der Waals surface area (Å²) < 4.78 is 11.5. The minimum Gasteiger partial charge on any atom is -0.496 e. The average Bonchev–Trinajstić information content (AvgIpc) is 2.89. The molecular weight excluding hydrogens is 262 g/mol. The van der Waals surface area contributed by atoms with E-state index in [9.17, 15) is 0 Å². The fourth-order valence-electron chi connectivity index (χ4n) is 2.57. The normalized spacial score (nSPS) is 12.4. The largest absolute Gasteiger partial charge is 0.496 e. The van der Waals surface area contributed by atoms with Crippen LogP contribution < -0.4 is 10.1 Å². The predicted octanol–water partition coefficient (Wildman–Crippen LogP) is 4.30.